The van der Waals surface area contributed by atoms with E-state index in [4.69, 9.17) is 4.74 Å². The summed E-state index contributed by atoms with van der Waals surface area (Å²) < 4.78 is 4.75. The maximum atomic E-state index is 11.6. The van der Waals surface area contributed by atoms with Crippen LogP contribution in [0.1, 0.15) is 19.3 Å². The highest BCUT2D eigenvalue weighted by atomic mass is 16.5. The summed E-state index contributed by atoms with van der Waals surface area (Å²) in [5.74, 6) is -0.332. The van der Waals surface area contributed by atoms with Crippen molar-refractivity contribution in [1.29, 1.82) is 0 Å². The fraction of sp³-hybridized carbons (Fsp3) is 0.667. The molecular formula is C12H20N2O3. The van der Waals surface area contributed by atoms with Crippen LogP contribution in [0.3, 0.4) is 0 Å². The monoisotopic (exact) mass is 240 g/mol. The highest BCUT2D eigenvalue weighted by molar-refractivity contribution is 5.80. The predicted octanol–water partition coefficient (Wildman–Crippen LogP) is 0.316. The Morgan fingerprint density at radius 3 is 2.94 bits per heavy atom. The molecule has 0 aromatic heterocycles. The van der Waals surface area contributed by atoms with Gasteiger partial charge in [-0.05, 0) is 19.4 Å². The number of carbonyl (C=O) groups is 2. The van der Waals surface area contributed by atoms with Crippen molar-refractivity contribution in [3.05, 3.63) is 12.7 Å². The fourth-order valence-electron chi connectivity index (χ4n) is 2.01. The average Bonchev–Trinajstić information content (AvgIpc) is 2.36. The summed E-state index contributed by atoms with van der Waals surface area (Å²) in [6.45, 7) is 5.00. The molecule has 0 bridgehead atoms. The van der Waals surface area contributed by atoms with Crippen molar-refractivity contribution in [2.24, 2.45) is 0 Å². The summed E-state index contributed by atoms with van der Waals surface area (Å²) in [7, 11) is 1.38. The molecule has 1 atom stereocenters. The second-order valence-electron chi connectivity index (χ2n) is 4.10. The standard InChI is InChI=1S/C12H20N2O3/c1-3-7-13-11(15)9-14-8-5-4-6-10(14)12(16)17-2/h3,10H,1,4-9H2,2H3,(H,13,15)/t10-/m1/s1. The normalized spacial score (nSPS) is 20.6. The molecule has 1 amide bonds. The molecule has 1 saturated heterocycles. The lowest BCUT2D eigenvalue weighted by molar-refractivity contribution is -0.148. The van der Waals surface area contributed by atoms with E-state index in [1.165, 1.54) is 7.11 Å². The first-order chi connectivity index (χ1) is 8.19. The number of hydrogen-bond donors (Lipinski definition) is 1. The van der Waals surface area contributed by atoms with Gasteiger partial charge in [-0.1, -0.05) is 12.5 Å². The molecule has 1 aliphatic heterocycles. The Labute approximate surface area is 102 Å². The van der Waals surface area contributed by atoms with Gasteiger partial charge in [-0.15, -0.1) is 6.58 Å². The summed E-state index contributed by atoms with van der Waals surface area (Å²) in [6.07, 6.45) is 4.42. The molecule has 1 fully saturated rings. The van der Waals surface area contributed by atoms with Crippen molar-refractivity contribution >= 4 is 11.9 Å². The number of likely N-dealkylation sites (tertiary alicyclic amines) is 1. The van der Waals surface area contributed by atoms with Gasteiger partial charge in [-0.25, -0.2) is 0 Å². The third kappa shape index (κ3) is 4.19. The topological polar surface area (TPSA) is 58.6 Å². The van der Waals surface area contributed by atoms with Crippen LogP contribution in [0.25, 0.3) is 0 Å². The van der Waals surface area contributed by atoms with Crippen LogP contribution in [-0.2, 0) is 14.3 Å². The van der Waals surface area contributed by atoms with Crippen molar-refractivity contribution in [2.75, 3.05) is 26.7 Å². The van der Waals surface area contributed by atoms with Crippen molar-refractivity contribution in [1.82, 2.24) is 10.2 Å². The Bertz CT molecular complexity index is 291. The van der Waals surface area contributed by atoms with Crippen LogP contribution in [0.15, 0.2) is 12.7 Å². The van der Waals surface area contributed by atoms with Gasteiger partial charge in [0.2, 0.25) is 5.91 Å². The molecule has 5 heteroatoms. The Hall–Kier alpha value is -1.36. The van der Waals surface area contributed by atoms with E-state index in [0.29, 0.717) is 6.54 Å². The number of rotatable bonds is 5. The van der Waals surface area contributed by atoms with E-state index in [-0.39, 0.29) is 24.5 Å². The van der Waals surface area contributed by atoms with Crippen LogP contribution in [-0.4, -0.2) is 49.6 Å². The smallest absolute Gasteiger partial charge is 0.323 e. The Morgan fingerprint density at radius 2 is 2.29 bits per heavy atom. The van der Waals surface area contributed by atoms with Gasteiger partial charge in [-0.2, -0.15) is 0 Å². The first-order valence-corrected chi connectivity index (χ1v) is 5.88. The molecule has 0 aromatic rings. The number of hydrogen-bond acceptors (Lipinski definition) is 4. The van der Waals surface area contributed by atoms with Crippen molar-refractivity contribution < 1.29 is 14.3 Å². The molecule has 1 rings (SSSR count). The van der Waals surface area contributed by atoms with Gasteiger partial charge in [0.05, 0.1) is 13.7 Å². The summed E-state index contributed by atoms with van der Waals surface area (Å²) in [5.41, 5.74) is 0. The maximum Gasteiger partial charge on any atom is 0.323 e. The predicted molar refractivity (Wildman–Crippen MR) is 64.4 cm³/mol. The van der Waals surface area contributed by atoms with Crippen LogP contribution in [0.4, 0.5) is 0 Å². The van der Waals surface area contributed by atoms with Gasteiger partial charge in [-0.3, -0.25) is 14.5 Å². The van der Waals surface area contributed by atoms with Crippen LogP contribution in [0.2, 0.25) is 0 Å². The van der Waals surface area contributed by atoms with Gasteiger partial charge in [0.1, 0.15) is 6.04 Å². The van der Waals surface area contributed by atoms with E-state index in [2.05, 4.69) is 11.9 Å². The lowest BCUT2D eigenvalue weighted by atomic mass is 10.0. The highest BCUT2D eigenvalue weighted by Crippen LogP contribution is 2.17. The third-order valence-corrected chi connectivity index (χ3v) is 2.88. The number of amides is 1. The Kier molecular flexibility index (Phi) is 5.69. The molecule has 1 aliphatic rings. The van der Waals surface area contributed by atoms with Gasteiger partial charge in [0.25, 0.3) is 0 Å². The lowest BCUT2D eigenvalue weighted by Gasteiger charge is -2.32. The van der Waals surface area contributed by atoms with E-state index < -0.39 is 0 Å². The lowest BCUT2D eigenvalue weighted by Crippen LogP contribution is -2.49. The van der Waals surface area contributed by atoms with Crippen LogP contribution in [0.5, 0.6) is 0 Å². The number of carbonyl (C=O) groups excluding carboxylic acids is 2. The SMILES string of the molecule is C=CCNC(=O)CN1CCCC[C@@H]1C(=O)OC. The first-order valence-electron chi connectivity index (χ1n) is 5.88. The first kappa shape index (κ1) is 13.7. The summed E-state index contributed by atoms with van der Waals surface area (Å²) in [4.78, 5) is 25.0. The zero-order chi connectivity index (χ0) is 12.7. The molecule has 0 spiro atoms. The molecule has 0 aliphatic carbocycles. The second kappa shape index (κ2) is 7.06. The van der Waals surface area contributed by atoms with E-state index in [1.807, 2.05) is 4.90 Å². The molecule has 5 nitrogen and oxygen atoms in total. The van der Waals surface area contributed by atoms with Crippen LogP contribution < -0.4 is 5.32 Å². The fourth-order valence-corrected chi connectivity index (χ4v) is 2.01. The zero-order valence-corrected chi connectivity index (χ0v) is 10.3. The zero-order valence-electron chi connectivity index (χ0n) is 10.3. The number of ether oxygens (including phenoxy) is 1. The van der Waals surface area contributed by atoms with Gasteiger partial charge in [0.15, 0.2) is 0 Å². The minimum atomic E-state index is -0.275. The summed E-state index contributed by atoms with van der Waals surface area (Å²) >= 11 is 0. The van der Waals surface area contributed by atoms with E-state index in [0.717, 1.165) is 25.8 Å². The van der Waals surface area contributed by atoms with E-state index >= 15 is 0 Å². The molecule has 0 saturated carbocycles. The van der Waals surface area contributed by atoms with Gasteiger partial charge >= 0.3 is 5.97 Å². The molecular weight excluding hydrogens is 220 g/mol. The van der Waals surface area contributed by atoms with E-state index in [1.54, 1.807) is 6.08 Å². The average molecular weight is 240 g/mol. The molecule has 17 heavy (non-hydrogen) atoms. The highest BCUT2D eigenvalue weighted by Gasteiger charge is 2.30. The van der Waals surface area contributed by atoms with Crippen LogP contribution in [0, 0.1) is 0 Å². The summed E-state index contributed by atoms with van der Waals surface area (Å²) in [6, 6.07) is -0.275. The van der Waals surface area contributed by atoms with Crippen molar-refractivity contribution in [3.63, 3.8) is 0 Å². The number of nitrogens with zero attached hydrogens (tertiary/aromatic N) is 1. The minimum Gasteiger partial charge on any atom is -0.468 e. The molecule has 1 N–H and O–H groups in total. The maximum absolute atomic E-state index is 11.6. The third-order valence-electron chi connectivity index (χ3n) is 2.88. The summed E-state index contributed by atoms with van der Waals surface area (Å²) in [5, 5.41) is 2.71. The van der Waals surface area contributed by atoms with Crippen molar-refractivity contribution in [2.45, 2.75) is 25.3 Å². The van der Waals surface area contributed by atoms with E-state index in [9.17, 15) is 9.59 Å². The van der Waals surface area contributed by atoms with Gasteiger partial charge in [0, 0.05) is 6.54 Å². The second-order valence-corrected chi connectivity index (χ2v) is 4.10. The number of methoxy groups -OCH3 is 1. The molecule has 0 radical (unpaired) electrons. The van der Waals surface area contributed by atoms with Gasteiger partial charge < -0.3 is 10.1 Å². The molecule has 0 unspecified atom stereocenters. The molecule has 0 aromatic carbocycles. The Morgan fingerprint density at radius 1 is 1.53 bits per heavy atom. The molecule has 1 heterocycles. The number of nitrogens with one attached hydrogen (secondary N) is 1. The Balaban J connectivity index is 2.50. The quantitative estimate of drug-likeness (QED) is 0.555. The molecule has 96 valence electrons. The van der Waals surface area contributed by atoms with Crippen molar-refractivity contribution in [3.8, 4) is 0 Å². The number of piperidine rings is 1. The largest absolute Gasteiger partial charge is 0.468 e. The minimum absolute atomic E-state index is 0.0827. The number of esters is 1. The van der Waals surface area contributed by atoms with Crippen LogP contribution >= 0.6 is 0 Å².